The van der Waals surface area contributed by atoms with Gasteiger partial charge in [0.25, 0.3) is 0 Å². The van der Waals surface area contributed by atoms with Crippen molar-refractivity contribution in [3.8, 4) is 0 Å². The van der Waals surface area contributed by atoms with Crippen molar-refractivity contribution in [3.05, 3.63) is 136 Å². The molecule has 0 spiro atoms. The Labute approximate surface area is 226 Å². The second-order valence-corrected chi connectivity index (χ2v) is 10.9. The largest absolute Gasteiger partial charge is 0.352 e. The molecule has 4 aromatic rings. The number of hydrogen-bond donors (Lipinski definition) is 2. The number of carbonyl (C=O) groups excluding carboxylic acids is 1. The van der Waals surface area contributed by atoms with E-state index in [1.54, 1.807) is 0 Å². The summed E-state index contributed by atoms with van der Waals surface area (Å²) in [6, 6.07) is 32.0. The third-order valence-electron chi connectivity index (χ3n) is 6.54. The summed E-state index contributed by atoms with van der Waals surface area (Å²) in [6.07, 6.45) is 0. The fraction of sp³-hybridized carbons (Fsp3) is 0.212. The standard InChI is InChI=1S/C33H34N2OS/c1-22-14-19-29(23(2)20-22)30(24-10-7-6-8-11-24)35-32(37)34-28-13-9-12-26(21-28)31(36)25-15-17-27(18-16-25)33(3,4)5/h6-21,30H,1-5H3,(H2,34,35,37). The lowest BCUT2D eigenvalue weighted by Crippen LogP contribution is -2.33. The molecule has 4 rings (SSSR count). The molecule has 188 valence electrons. The highest BCUT2D eigenvalue weighted by molar-refractivity contribution is 7.80. The summed E-state index contributed by atoms with van der Waals surface area (Å²) < 4.78 is 0. The van der Waals surface area contributed by atoms with E-state index in [9.17, 15) is 4.79 Å². The van der Waals surface area contributed by atoms with Gasteiger partial charge in [0.2, 0.25) is 0 Å². The third-order valence-corrected chi connectivity index (χ3v) is 6.76. The summed E-state index contributed by atoms with van der Waals surface area (Å²) in [4.78, 5) is 13.2. The molecule has 37 heavy (non-hydrogen) atoms. The van der Waals surface area contributed by atoms with Gasteiger partial charge in [-0.1, -0.05) is 111 Å². The van der Waals surface area contributed by atoms with Crippen molar-refractivity contribution in [1.82, 2.24) is 5.32 Å². The molecule has 0 aliphatic heterocycles. The summed E-state index contributed by atoms with van der Waals surface area (Å²) >= 11 is 5.73. The molecule has 0 bridgehead atoms. The van der Waals surface area contributed by atoms with E-state index < -0.39 is 0 Å². The number of benzene rings is 4. The molecule has 3 nitrogen and oxygen atoms in total. The van der Waals surface area contributed by atoms with Gasteiger partial charge in [-0.15, -0.1) is 0 Å². The van der Waals surface area contributed by atoms with E-state index in [1.807, 2.05) is 66.7 Å². The number of hydrogen-bond acceptors (Lipinski definition) is 2. The molecule has 0 aliphatic carbocycles. The van der Waals surface area contributed by atoms with E-state index in [-0.39, 0.29) is 17.2 Å². The van der Waals surface area contributed by atoms with E-state index in [0.29, 0.717) is 16.2 Å². The van der Waals surface area contributed by atoms with Crippen LogP contribution in [0.3, 0.4) is 0 Å². The summed E-state index contributed by atoms with van der Waals surface area (Å²) in [5, 5.41) is 7.27. The van der Waals surface area contributed by atoms with Crippen molar-refractivity contribution in [1.29, 1.82) is 0 Å². The van der Waals surface area contributed by atoms with E-state index in [0.717, 1.165) is 11.3 Å². The average molecular weight is 507 g/mol. The molecule has 0 amide bonds. The lowest BCUT2D eigenvalue weighted by Gasteiger charge is -2.24. The van der Waals surface area contributed by atoms with Crippen LogP contribution in [0.1, 0.15) is 70.6 Å². The quantitative estimate of drug-likeness (QED) is 0.206. The zero-order chi connectivity index (χ0) is 26.6. The highest BCUT2D eigenvalue weighted by Crippen LogP contribution is 2.27. The number of ketones is 1. The third kappa shape index (κ3) is 6.52. The van der Waals surface area contributed by atoms with Crippen LogP contribution in [0, 0.1) is 13.8 Å². The van der Waals surface area contributed by atoms with Crippen molar-refractivity contribution >= 4 is 28.8 Å². The van der Waals surface area contributed by atoms with Crippen LogP contribution in [0.15, 0.2) is 97.1 Å². The second-order valence-electron chi connectivity index (χ2n) is 10.5. The monoisotopic (exact) mass is 506 g/mol. The van der Waals surface area contributed by atoms with Gasteiger partial charge in [0.05, 0.1) is 6.04 Å². The number of aryl methyl sites for hydroxylation is 2. The van der Waals surface area contributed by atoms with Gasteiger partial charge in [0, 0.05) is 16.8 Å². The Hall–Kier alpha value is -3.76. The van der Waals surface area contributed by atoms with E-state index >= 15 is 0 Å². The second kappa shape index (κ2) is 11.1. The van der Waals surface area contributed by atoms with Gasteiger partial charge in [0.15, 0.2) is 10.9 Å². The Bertz CT molecular complexity index is 1400. The normalized spacial score (nSPS) is 12.0. The number of nitrogens with one attached hydrogen (secondary N) is 2. The lowest BCUT2D eigenvalue weighted by atomic mass is 9.86. The average Bonchev–Trinajstić information content (AvgIpc) is 2.87. The molecule has 0 radical (unpaired) electrons. The molecule has 0 heterocycles. The Kier molecular flexibility index (Phi) is 7.89. The number of anilines is 1. The molecule has 2 N–H and O–H groups in total. The molecular weight excluding hydrogens is 472 g/mol. The van der Waals surface area contributed by atoms with Crippen LogP contribution in [0.2, 0.25) is 0 Å². The Morgan fingerprint density at radius 1 is 0.784 bits per heavy atom. The highest BCUT2D eigenvalue weighted by Gasteiger charge is 2.18. The van der Waals surface area contributed by atoms with Crippen LogP contribution in [-0.4, -0.2) is 10.9 Å². The number of rotatable bonds is 6. The summed E-state index contributed by atoms with van der Waals surface area (Å²) in [5.74, 6) is -0.0135. The van der Waals surface area contributed by atoms with E-state index in [4.69, 9.17) is 12.2 Å². The fourth-order valence-corrected chi connectivity index (χ4v) is 4.70. The maximum Gasteiger partial charge on any atom is 0.193 e. The van der Waals surface area contributed by atoms with Crippen molar-refractivity contribution in [2.45, 2.75) is 46.1 Å². The van der Waals surface area contributed by atoms with Crippen LogP contribution in [0.5, 0.6) is 0 Å². The molecular formula is C33H34N2OS. The Morgan fingerprint density at radius 2 is 1.49 bits per heavy atom. The molecule has 0 saturated heterocycles. The molecule has 0 aromatic heterocycles. The summed E-state index contributed by atoms with van der Waals surface area (Å²) in [5.41, 5.74) is 8.02. The zero-order valence-corrected chi connectivity index (χ0v) is 22.9. The molecule has 0 aliphatic rings. The first-order chi connectivity index (χ1) is 17.6. The maximum atomic E-state index is 13.2. The molecule has 1 atom stereocenters. The van der Waals surface area contributed by atoms with Crippen LogP contribution < -0.4 is 10.6 Å². The van der Waals surface area contributed by atoms with Crippen LogP contribution in [0.25, 0.3) is 0 Å². The minimum absolute atomic E-state index is 0.0135. The van der Waals surface area contributed by atoms with Crippen molar-refractivity contribution < 1.29 is 4.79 Å². The zero-order valence-electron chi connectivity index (χ0n) is 22.1. The first-order valence-corrected chi connectivity index (χ1v) is 13.0. The number of carbonyl (C=O) groups is 1. The summed E-state index contributed by atoms with van der Waals surface area (Å²) in [6.45, 7) is 10.7. The molecule has 4 aromatic carbocycles. The van der Waals surface area contributed by atoms with Gasteiger partial charge < -0.3 is 10.6 Å². The van der Waals surface area contributed by atoms with Gasteiger partial charge >= 0.3 is 0 Å². The van der Waals surface area contributed by atoms with Crippen molar-refractivity contribution in [3.63, 3.8) is 0 Å². The molecule has 1 unspecified atom stereocenters. The Morgan fingerprint density at radius 3 is 2.14 bits per heavy atom. The Balaban J connectivity index is 1.53. The maximum absolute atomic E-state index is 13.2. The van der Waals surface area contributed by atoms with E-state index in [2.05, 4.69) is 75.6 Å². The van der Waals surface area contributed by atoms with Crippen molar-refractivity contribution in [2.24, 2.45) is 0 Å². The molecule has 0 saturated carbocycles. The summed E-state index contributed by atoms with van der Waals surface area (Å²) in [7, 11) is 0. The SMILES string of the molecule is Cc1ccc(C(NC(=S)Nc2cccc(C(=O)c3ccc(C(C)(C)C)cc3)c2)c2ccccc2)c(C)c1. The minimum atomic E-state index is -0.104. The lowest BCUT2D eigenvalue weighted by molar-refractivity contribution is 0.103. The smallest absolute Gasteiger partial charge is 0.193 e. The van der Waals surface area contributed by atoms with Gasteiger partial charge in [0.1, 0.15) is 0 Å². The first-order valence-electron chi connectivity index (χ1n) is 12.6. The van der Waals surface area contributed by atoms with Crippen LogP contribution in [0.4, 0.5) is 5.69 Å². The first kappa shape index (κ1) is 26.3. The highest BCUT2D eigenvalue weighted by atomic mass is 32.1. The minimum Gasteiger partial charge on any atom is -0.352 e. The van der Waals surface area contributed by atoms with Gasteiger partial charge in [-0.3, -0.25) is 4.79 Å². The number of thiocarbonyl (C=S) groups is 1. The molecule has 4 heteroatoms. The van der Waals surface area contributed by atoms with Gasteiger partial charge in [-0.25, -0.2) is 0 Å². The van der Waals surface area contributed by atoms with Crippen LogP contribution >= 0.6 is 12.2 Å². The predicted molar refractivity (Wildman–Crippen MR) is 159 cm³/mol. The van der Waals surface area contributed by atoms with E-state index in [1.165, 1.54) is 22.3 Å². The van der Waals surface area contributed by atoms with Gasteiger partial charge in [-0.05, 0) is 65.9 Å². The van der Waals surface area contributed by atoms with Crippen molar-refractivity contribution in [2.75, 3.05) is 5.32 Å². The van der Waals surface area contributed by atoms with Crippen LogP contribution in [-0.2, 0) is 5.41 Å². The fourth-order valence-electron chi connectivity index (χ4n) is 4.46. The van der Waals surface area contributed by atoms with Gasteiger partial charge in [-0.2, -0.15) is 0 Å². The molecule has 0 fully saturated rings. The predicted octanol–water partition coefficient (Wildman–Crippen LogP) is 7.91. The topological polar surface area (TPSA) is 41.1 Å².